The summed E-state index contributed by atoms with van der Waals surface area (Å²) in [4.78, 5) is 19.9. The molecule has 3 heterocycles. The van der Waals surface area contributed by atoms with Gasteiger partial charge in [-0.2, -0.15) is 0 Å². The highest BCUT2D eigenvalue weighted by Crippen LogP contribution is 2.13. The normalized spacial score (nSPS) is 16.2. The van der Waals surface area contributed by atoms with E-state index in [1.165, 1.54) is 4.88 Å². The van der Waals surface area contributed by atoms with E-state index >= 15 is 0 Å². The summed E-state index contributed by atoms with van der Waals surface area (Å²) in [5.41, 5.74) is 1.10. The Hall–Kier alpha value is -1.92. The van der Waals surface area contributed by atoms with Crippen molar-refractivity contribution >= 4 is 17.4 Å². The van der Waals surface area contributed by atoms with Gasteiger partial charge >= 0.3 is 6.03 Å². The summed E-state index contributed by atoms with van der Waals surface area (Å²) in [5.74, 6) is 0. The zero-order valence-corrected chi connectivity index (χ0v) is 13.9. The molecule has 3 rings (SSSR count). The van der Waals surface area contributed by atoms with Crippen LogP contribution in [0.25, 0.3) is 0 Å². The van der Waals surface area contributed by atoms with Crippen LogP contribution in [-0.4, -0.2) is 35.0 Å². The van der Waals surface area contributed by atoms with E-state index < -0.39 is 0 Å². The Morgan fingerprint density at radius 1 is 1.26 bits per heavy atom. The molecule has 1 aliphatic rings. The van der Waals surface area contributed by atoms with Gasteiger partial charge in [0.05, 0.1) is 12.2 Å². The Morgan fingerprint density at radius 3 is 2.83 bits per heavy atom. The predicted octanol–water partition coefficient (Wildman–Crippen LogP) is 2.61. The second kappa shape index (κ2) is 8.08. The van der Waals surface area contributed by atoms with Crippen LogP contribution in [-0.2, 0) is 13.1 Å². The second-order valence-corrected chi connectivity index (χ2v) is 6.81. The van der Waals surface area contributed by atoms with Crippen LogP contribution >= 0.6 is 11.3 Å². The zero-order chi connectivity index (χ0) is 15.9. The van der Waals surface area contributed by atoms with Crippen molar-refractivity contribution in [2.75, 3.05) is 13.1 Å². The van der Waals surface area contributed by atoms with Crippen LogP contribution in [0.4, 0.5) is 4.79 Å². The number of urea groups is 1. The summed E-state index contributed by atoms with van der Waals surface area (Å²) in [5, 5.41) is 8.02. The number of nitrogens with one attached hydrogen (secondary N) is 2. The summed E-state index contributed by atoms with van der Waals surface area (Å²) in [6.45, 7) is 3.47. The molecule has 0 radical (unpaired) electrons. The summed E-state index contributed by atoms with van der Waals surface area (Å²) >= 11 is 1.66. The molecule has 0 aromatic carbocycles. The third kappa shape index (κ3) is 5.04. The number of thiophene rings is 1. The van der Waals surface area contributed by atoms with Gasteiger partial charge in [-0.25, -0.2) is 4.79 Å². The van der Waals surface area contributed by atoms with Crippen molar-refractivity contribution in [3.63, 3.8) is 0 Å². The van der Waals surface area contributed by atoms with Gasteiger partial charge in [-0.15, -0.1) is 11.3 Å². The molecule has 6 heteroatoms. The van der Waals surface area contributed by atoms with Crippen molar-refractivity contribution in [1.29, 1.82) is 0 Å². The monoisotopic (exact) mass is 330 g/mol. The lowest BCUT2D eigenvalue weighted by atomic mass is 10.1. The van der Waals surface area contributed by atoms with E-state index in [0.717, 1.165) is 38.2 Å². The van der Waals surface area contributed by atoms with Crippen LogP contribution in [0.2, 0.25) is 0 Å². The standard InChI is InChI=1S/C17H22N4OS/c22-17(19-12-16-5-3-11-23-16)20-14-6-9-21(10-7-14)13-15-4-1-2-8-18-15/h1-5,8,11,14H,6-7,9-10,12-13H2,(H2,19,20,22). The minimum absolute atomic E-state index is 0.0680. The molecule has 1 saturated heterocycles. The summed E-state index contributed by atoms with van der Waals surface area (Å²) in [7, 11) is 0. The summed E-state index contributed by atoms with van der Waals surface area (Å²) in [6, 6.07) is 10.2. The molecule has 23 heavy (non-hydrogen) atoms. The molecule has 0 atom stereocenters. The van der Waals surface area contributed by atoms with Crippen LogP contribution in [0.5, 0.6) is 0 Å². The number of nitrogens with zero attached hydrogens (tertiary/aromatic N) is 2. The fraction of sp³-hybridized carbons (Fsp3) is 0.412. The lowest BCUT2D eigenvalue weighted by molar-refractivity contribution is 0.185. The number of pyridine rings is 1. The van der Waals surface area contributed by atoms with Gasteiger partial charge in [0.1, 0.15) is 0 Å². The lowest BCUT2D eigenvalue weighted by Crippen LogP contribution is -2.47. The van der Waals surface area contributed by atoms with Gasteiger partial charge in [-0.05, 0) is 36.4 Å². The number of hydrogen-bond donors (Lipinski definition) is 2. The number of aromatic nitrogens is 1. The first kappa shape index (κ1) is 16.0. The van der Waals surface area contributed by atoms with Crippen LogP contribution < -0.4 is 10.6 Å². The Kier molecular flexibility index (Phi) is 5.60. The van der Waals surface area contributed by atoms with Crippen LogP contribution in [0, 0.1) is 0 Å². The first-order valence-corrected chi connectivity index (χ1v) is 8.86. The van der Waals surface area contributed by atoms with Crippen LogP contribution in [0.3, 0.4) is 0 Å². The van der Waals surface area contributed by atoms with Gasteiger partial charge in [0.25, 0.3) is 0 Å². The highest BCUT2D eigenvalue weighted by atomic mass is 32.1. The number of carbonyl (C=O) groups is 1. The molecule has 2 N–H and O–H groups in total. The fourth-order valence-corrected chi connectivity index (χ4v) is 3.42. The third-order valence-electron chi connectivity index (χ3n) is 4.04. The maximum atomic E-state index is 11.9. The van der Waals surface area contributed by atoms with Crippen LogP contribution in [0.1, 0.15) is 23.4 Å². The van der Waals surface area contributed by atoms with Crippen molar-refractivity contribution in [3.8, 4) is 0 Å². The lowest BCUT2D eigenvalue weighted by Gasteiger charge is -2.32. The summed E-state index contributed by atoms with van der Waals surface area (Å²) < 4.78 is 0. The number of carbonyl (C=O) groups excluding carboxylic acids is 1. The smallest absolute Gasteiger partial charge is 0.315 e. The van der Waals surface area contributed by atoms with E-state index in [9.17, 15) is 4.79 Å². The van der Waals surface area contributed by atoms with E-state index in [1.807, 2.05) is 35.8 Å². The summed E-state index contributed by atoms with van der Waals surface area (Å²) in [6.07, 6.45) is 3.81. The number of likely N-dealkylation sites (tertiary alicyclic amines) is 1. The molecule has 0 spiro atoms. The van der Waals surface area contributed by atoms with Gasteiger partial charge in [0.2, 0.25) is 0 Å². The quantitative estimate of drug-likeness (QED) is 0.886. The molecule has 2 aromatic rings. The molecule has 5 nitrogen and oxygen atoms in total. The largest absolute Gasteiger partial charge is 0.335 e. The van der Waals surface area contributed by atoms with E-state index in [0.29, 0.717) is 6.54 Å². The molecule has 2 aromatic heterocycles. The SMILES string of the molecule is O=C(NCc1cccs1)NC1CCN(Cc2ccccn2)CC1. The molecular formula is C17H22N4OS. The topological polar surface area (TPSA) is 57.3 Å². The second-order valence-electron chi connectivity index (χ2n) is 5.78. The van der Waals surface area contributed by atoms with Gasteiger partial charge in [0.15, 0.2) is 0 Å². The van der Waals surface area contributed by atoms with Gasteiger partial charge in [0, 0.05) is 36.8 Å². The Morgan fingerprint density at radius 2 is 2.13 bits per heavy atom. The minimum Gasteiger partial charge on any atom is -0.335 e. The van der Waals surface area contributed by atoms with Crippen molar-refractivity contribution in [3.05, 3.63) is 52.5 Å². The number of rotatable bonds is 5. The van der Waals surface area contributed by atoms with Gasteiger partial charge < -0.3 is 10.6 Å². The first-order valence-electron chi connectivity index (χ1n) is 7.98. The number of hydrogen-bond acceptors (Lipinski definition) is 4. The first-order chi connectivity index (χ1) is 11.3. The van der Waals surface area contributed by atoms with Gasteiger partial charge in [-0.1, -0.05) is 12.1 Å². The maximum absolute atomic E-state index is 11.9. The third-order valence-corrected chi connectivity index (χ3v) is 4.91. The number of piperidine rings is 1. The van der Waals surface area contributed by atoms with Crippen molar-refractivity contribution < 1.29 is 4.79 Å². The molecular weight excluding hydrogens is 308 g/mol. The van der Waals surface area contributed by atoms with Gasteiger partial charge in [-0.3, -0.25) is 9.88 Å². The Bertz CT molecular complexity index is 594. The molecule has 1 fully saturated rings. The van der Waals surface area contributed by atoms with E-state index in [4.69, 9.17) is 0 Å². The van der Waals surface area contributed by atoms with Crippen molar-refractivity contribution in [2.24, 2.45) is 0 Å². The predicted molar refractivity (Wildman–Crippen MR) is 92.2 cm³/mol. The van der Waals surface area contributed by atoms with E-state index in [2.05, 4.69) is 26.6 Å². The average molecular weight is 330 g/mol. The average Bonchev–Trinajstić information content (AvgIpc) is 3.09. The number of amides is 2. The van der Waals surface area contributed by atoms with Crippen molar-refractivity contribution in [2.45, 2.75) is 32.0 Å². The highest BCUT2D eigenvalue weighted by Gasteiger charge is 2.20. The molecule has 0 aliphatic carbocycles. The molecule has 2 amide bonds. The fourth-order valence-electron chi connectivity index (χ4n) is 2.77. The molecule has 0 unspecified atom stereocenters. The highest BCUT2D eigenvalue weighted by molar-refractivity contribution is 7.09. The van der Waals surface area contributed by atoms with E-state index in [-0.39, 0.29) is 12.1 Å². The van der Waals surface area contributed by atoms with Crippen LogP contribution in [0.15, 0.2) is 41.9 Å². The molecule has 122 valence electrons. The van der Waals surface area contributed by atoms with E-state index in [1.54, 1.807) is 11.3 Å². The Balaban J connectivity index is 1.36. The minimum atomic E-state index is -0.0680. The van der Waals surface area contributed by atoms with Crippen molar-refractivity contribution in [1.82, 2.24) is 20.5 Å². The zero-order valence-electron chi connectivity index (χ0n) is 13.1. The molecule has 0 bridgehead atoms. The Labute approximate surface area is 140 Å². The molecule has 0 saturated carbocycles. The molecule has 1 aliphatic heterocycles. The maximum Gasteiger partial charge on any atom is 0.315 e.